The third-order valence-corrected chi connectivity index (χ3v) is 6.48. The summed E-state index contributed by atoms with van der Waals surface area (Å²) in [5, 5.41) is 4.28. The molecule has 0 N–H and O–H groups in total. The average molecular weight is 391 g/mol. The van der Waals surface area contributed by atoms with E-state index in [4.69, 9.17) is 0 Å². The van der Waals surface area contributed by atoms with Crippen LogP contribution in [0.25, 0.3) is 5.65 Å². The maximum Gasteiger partial charge on any atom is 0.351 e. The molecular formula is C17H18FN5O3S. The molecule has 0 amide bonds. The number of hydrogen-bond acceptors (Lipinski definition) is 5. The van der Waals surface area contributed by atoms with Crippen LogP contribution in [0.2, 0.25) is 0 Å². The van der Waals surface area contributed by atoms with E-state index < -0.39 is 15.8 Å². The lowest BCUT2D eigenvalue weighted by molar-refractivity contribution is 0.144. The van der Waals surface area contributed by atoms with Gasteiger partial charge in [-0.3, -0.25) is 9.30 Å². The molecule has 0 bridgehead atoms. The number of fused-ring (bicyclic) bond motifs is 1. The Balaban J connectivity index is 1.46. The Morgan fingerprint density at radius 2 is 1.81 bits per heavy atom. The molecule has 0 saturated carbocycles. The molecule has 0 aliphatic carbocycles. The van der Waals surface area contributed by atoms with Crippen molar-refractivity contribution in [2.75, 3.05) is 26.2 Å². The molecule has 10 heteroatoms. The maximum atomic E-state index is 13.4. The zero-order valence-electron chi connectivity index (χ0n) is 14.4. The first-order valence-corrected chi connectivity index (χ1v) is 9.91. The SMILES string of the molecule is O=c1n(CN2CCN(S(=O)(=O)c3cccc(F)c3)CC2)nc2ccccn12. The third-order valence-electron chi connectivity index (χ3n) is 4.59. The van der Waals surface area contributed by atoms with Crippen molar-refractivity contribution in [2.24, 2.45) is 0 Å². The van der Waals surface area contributed by atoms with E-state index in [0.717, 1.165) is 6.07 Å². The summed E-state index contributed by atoms with van der Waals surface area (Å²) in [7, 11) is -3.73. The summed E-state index contributed by atoms with van der Waals surface area (Å²) in [6, 6.07) is 10.3. The Morgan fingerprint density at radius 1 is 1.04 bits per heavy atom. The van der Waals surface area contributed by atoms with Crippen molar-refractivity contribution < 1.29 is 12.8 Å². The minimum Gasteiger partial charge on any atom is -0.282 e. The van der Waals surface area contributed by atoms with Crippen molar-refractivity contribution in [2.45, 2.75) is 11.6 Å². The van der Waals surface area contributed by atoms with E-state index in [2.05, 4.69) is 5.10 Å². The molecule has 1 aromatic carbocycles. The zero-order valence-corrected chi connectivity index (χ0v) is 15.2. The van der Waals surface area contributed by atoms with Gasteiger partial charge in [-0.05, 0) is 30.3 Å². The number of halogens is 1. The van der Waals surface area contributed by atoms with E-state index in [1.807, 2.05) is 11.0 Å². The summed E-state index contributed by atoms with van der Waals surface area (Å²) in [4.78, 5) is 14.3. The van der Waals surface area contributed by atoms with Crippen LogP contribution in [0.15, 0.2) is 58.4 Å². The lowest BCUT2D eigenvalue weighted by Crippen LogP contribution is -2.49. The molecule has 8 nitrogen and oxygen atoms in total. The van der Waals surface area contributed by atoms with Crippen LogP contribution in [-0.2, 0) is 16.7 Å². The summed E-state index contributed by atoms with van der Waals surface area (Å²) < 4.78 is 42.8. The maximum absolute atomic E-state index is 13.4. The molecule has 27 heavy (non-hydrogen) atoms. The number of pyridine rings is 1. The highest BCUT2D eigenvalue weighted by Gasteiger charge is 2.29. The zero-order chi connectivity index (χ0) is 19.0. The highest BCUT2D eigenvalue weighted by atomic mass is 32.2. The largest absolute Gasteiger partial charge is 0.351 e. The molecule has 1 saturated heterocycles. The second-order valence-corrected chi connectivity index (χ2v) is 8.27. The predicted molar refractivity (Wildman–Crippen MR) is 96.2 cm³/mol. The molecule has 3 heterocycles. The van der Waals surface area contributed by atoms with Gasteiger partial charge in [0.25, 0.3) is 0 Å². The van der Waals surface area contributed by atoms with Gasteiger partial charge in [0.05, 0.1) is 11.6 Å². The van der Waals surface area contributed by atoms with Crippen LogP contribution in [-0.4, -0.2) is 58.0 Å². The molecule has 1 aliphatic heterocycles. The quantitative estimate of drug-likeness (QED) is 0.651. The van der Waals surface area contributed by atoms with Crippen LogP contribution in [0.5, 0.6) is 0 Å². The minimum atomic E-state index is -3.73. The van der Waals surface area contributed by atoms with Gasteiger partial charge in [0.1, 0.15) is 5.82 Å². The average Bonchev–Trinajstić information content (AvgIpc) is 2.98. The van der Waals surface area contributed by atoms with Crippen LogP contribution < -0.4 is 5.69 Å². The third kappa shape index (κ3) is 3.38. The number of sulfonamides is 1. The molecular weight excluding hydrogens is 373 g/mol. The van der Waals surface area contributed by atoms with Crippen molar-refractivity contribution >= 4 is 15.7 Å². The van der Waals surface area contributed by atoms with Gasteiger partial charge in [-0.2, -0.15) is 8.99 Å². The summed E-state index contributed by atoms with van der Waals surface area (Å²) in [5.41, 5.74) is 0.329. The van der Waals surface area contributed by atoms with Gasteiger partial charge in [-0.15, -0.1) is 5.10 Å². The normalized spacial score (nSPS) is 16.8. The van der Waals surface area contributed by atoms with Gasteiger partial charge in [-0.1, -0.05) is 12.1 Å². The van der Waals surface area contributed by atoms with Gasteiger partial charge in [0.15, 0.2) is 5.65 Å². The van der Waals surface area contributed by atoms with Crippen molar-refractivity contribution in [3.63, 3.8) is 0 Å². The standard InChI is InChI=1S/C17H18FN5O3S/c18-14-4-3-5-15(12-14)27(25,26)21-10-8-20(9-11-21)13-23-17(24)22-7-2-1-6-16(22)19-23/h1-7,12H,8-11,13H2. The number of aromatic nitrogens is 3. The molecule has 142 valence electrons. The second kappa shape index (κ2) is 6.87. The molecule has 0 unspecified atom stereocenters. The topological polar surface area (TPSA) is 79.9 Å². The fraction of sp³-hybridized carbons (Fsp3) is 0.294. The molecule has 2 aromatic heterocycles. The van der Waals surface area contributed by atoms with Gasteiger partial charge in [0, 0.05) is 32.4 Å². The van der Waals surface area contributed by atoms with E-state index in [0.29, 0.717) is 18.7 Å². The Hall–Kier alpha value is -2.56. The molecule has 0 atom stereocenters. The van der Waals surface area contributed by atoms with Crippen LogP contribution >= 0.6 is 0 Å². The van der Waals surface area contributed by atoms with Crippen molar-refractivity contribution in [1.82, 2.24) is 23.4 Å². The molecule has 4 rings (SSSR count). The highest BCUT2D eigenvalue weighted by Crippen LogP contribution is 2.18. The van der Waals surface area contributed by atoms with Crippen molar-refractivity contribution in [3.05, 3.63) is 65.0 Å². The Bertz CT molecular complexity index is 1130. The van der Waals surface area contributed by atoms with E-state index in [-0.39, 0.29) is 30.3 Å². The summed E-state index contributed by atoms with van der Waals surface area (Å²) in [5.74, 6) is -0.582. The van der Waals surface area contributed by atoms with Crippen molar-refractivity contribution in [3.8, 4) is 0 Å². The van der Waals surface area contributed by atoms with E-state index in [9.17, 15) is 17.6 Å². The van der Waals surface area contributed by atoms with Crippen LogP contribution in [0.3, 0.4) is 0 Å². The van der Waals surface area contributed by atoms with Gasteiger partial charge in [-0.25, -0.2) is 17.6 Å². The highest BCUT2D eigenvalue weighted by molar-refractivity contribution is 7.89. The smallest absolute Gasteiger partial charge is 0.282 e. The van der Waals surface area contributed by atoms with Crippen LogP contribution in [0, 0.1) is 5.82 Å². The molecule has 0 spiro atoms. The lowest BCUT2D eigenvalue weighted by Gasteiger charge is -2.33. The number of hydrogen-bond donors (Lipinski definition) is 0. The summed E-state index contributed by atoms with van der Waals surface area (Å²) in [6.07, 6.45) is 1.66. The van der Waals surface area contributed by atoms with E-state index in [1.165, 1.54) is 31.6 Å². The Kier molecular flexibility index (Phi) is 4.54. The first kappa shape index (κ1) is 17.8. The second-order valence-electron chi connectivity index (χ2n) is 6.33. The number of rotatable bonds is 4. The Morgan fingerprint density at radius 3 is 2.52 bits per heavy atom. The number of benzene rings is 1. The summed E-state index contributed by atoms with van der Waals surface area (Å²) >= 11 is 0. The lowest BCUT2D eigenvalue weighted by atomic mass is 10.4. The van der Waals surface area contributed by atoms with Crippen LogP contribution in [0.4, 0.5) is 4.39 Å². The number of nitrogens with zero attached hydrogens (tertiary/aromatic N) is 5. The van der Waals surface area contributed by atoms with Gasteiger partial charge in [0.2, 0.25) is 10.0 Å². The number of piperazine rings is 1. The molecule has 1 aliphatic rings. The van der Waals surface area contributed by atoms with Crippen molar-refractivity contribution in [1.29, 1.82) is 0 Å². The molecule has 1 fully saturated rings. The van der Waals surface area contributed by atoms with E-state index >= 15 is 0 Å². The van der Waals surface area contributed by atoms with Gasteiger partial charge >= 0.3 is 5.69 Å². The van der Waals surface area contributed by atoms with Gasteiger partial charge < -0.3 is 0 Å². The van der Waals surface area contributed by atoms with Crippen LogP contribution in [0.1, 0.15) is 0 Å². The fourth-order valence-corrected chi connectivity index (χ4v) is 4.59. The fourth-order valence-electron chi connectivity index (χ4n) is 3.14. The Labute approximate surface area is 155 Å². The molecule has 3 aromatic rings. The molecule has 0 radical (unpaired) electrons. The first-order chi connectivity index (χ1) is 12.9. The monoisotopic (exact) mass is 391 g/mol. The summed E-state index contributed by atoms with van der Waals surface area (Å²) in [6.45, 7) is 1.72. The minimum absolute atomic E-state index is 0.0486. The predicted octanol–water partition coefficient (Wildman–Crippen LogP) is 0.599. The first-order valence-electron chi connectivity index (χ1n) is 8.47. The van der Waals surface area contributed by atoms with E-state index in [1.54, 1.807) is 18.3 Å².